The number of nitrogens with zero attached hydrogens (tertiary/aromatic N) is 3. The molecule has 0 fully saturated rings. The molecule has 0 radical (unpaired) electrons. The molecule has 2 rings (SSSR count). The zero-order chi connectivity index (χ0) is 24.2. The van der Waals surface area contributed by atoms with E-state index in [-0.39, 0.29) is 42.3 Å². The number of esters is 2. The zero-order valence-electron chi connectivity index (χ0n) is 19.0. The number of aromatic nitrogens is 2. The number of hydrogen-bond acceptors (Lipinski definition) is 11. The Kier molecular flexibility index (Phi) is 9.62. The average molecular weight is 459 g/mol. The van der Waals surface area contributed by atoms with Crippen molar-refractivity contribution in [3.05, 3.63) is 47.5 Å². The Labute approximate surface area is 190 Å². The van der Waals surface area contributed by atoms with Gasteiger partial charge in [0.2, 0.25) is 11.8 Å². The van der Waals surface area contributed by atoms with Gasteiger partial charge in [0.1, 0.15) is 25.0 Å². The Bertz CT molecular complexity index is 1010. The van der Waals surface area contributed by atoms with E-state index in [2.05, 4.69) is 15.1 Å². The van der Waals surface area contributed by atoms with Crippen molar-refractivity contribution >= 4 is 17.7 Å². The highest BCUT2D eigenvalue weighted by Crippen LogP contribution is 2.29. The van der Waals surface area contributed by atoms with Crippen LogP contribution in [0.4, 0.5) is 0 Å². The molecule has 33 heavy (non-hydrogen) atoms. The molecular weight excluding hydrogens is 434 g/mol. The fourth-order valence-corrected chi connectivity index (χ4v) is 2.58. The largest absolute Gasteiger partial charge is 0.481 e. The fourth-order valence-electron chi connectivity index (χ4n) is 2.58. The molecule has 0 saturated heterocycles. The van der Waals surface area contributed by atoms with Crippen LogP contribution in [0.15, 0.2) is 41.6 Å². The molecule has 0 unspecified atom stereocenters. The number of benzene rings is 1. The SMILES string of the molecule is CCOC(=O)/C=C/COC(=O)c1c(Oc2nc(OC)cc(OC)n2)cccc1/C(C)=N/OC. The quantitative estimate of drug-likeness (QED) is 0.214. The Morgan fingerprint density at radius 3 is 2.36 bits per heavy atom. The van der Waals surface area contributed by atoms with Crippen LogP contribution in [-0.4, -0.2) is 62.2 Å². The van der Waals surface area contributed by atoms with Crippen molar-refractivity contribution in [3.63, 3.8) is 0 Å². The van der Waals surface area contributed by atoms with Gasteiger partial charge in [-0.15, -0.1) is 0 Å². The van der Waals surface area contributed by atoms with Gasteiger partial charge in [-0.25, -0.2) is 9.59 Å². The van der Waals surface area contributed by atoms with Crippen LogP contribution < -0.4 is 14.2 Å². The molecule has 0 atom stereocenters. The van der Waals surface area contributed by atoms with Gasteiger partial charge in [-0.1, -0.05) is 17.3 Å². The summed E-state index contributed by atoms with van der Waals surface area (Å²) >= 11 is 0. The summed E-state index contributed by atoms with van der Waals surface area (Å²) < 4.78 is 26.1. The first kappa shape index (κ1) is 25.1. The number of methoxy groups -OCH3 is 2. The smallest absolute Gasteiger partial charge is 0.342 e. The Morgan fingerprint density at radius 1 is 1.06 bits per heavy atom. The Hall–Kier alpha value is -4.15. The molecule has 0 bridgehead atoms. The molecule has 0 aliphatic heterocycles. The lowest BCUT2D eigenvalue weighted by atomic mass is 10.0. The molecule has 0 aliphatic rings. The summed E-state index contributed by atoms with van der Waals surface area (Å²) in [6.45, 7) is 3.42. The van der Waals surface area contributed by atoms with Crippen LogP contribution in [0.1, 0.15) is 29.8 Å². The minimum atomic E-state index is -0.727. The van der Waals surface area contributed by atoms with Crippen molar-refractivity contribution in [3.8, 4) is 23.5 Å². The first-order valence-corrected chi connectivity index (χ1v) is 9.79. The van der Waals surface area contributed by atoms with Crippen LogP contribution in [0.25, 0.3) is 0 Å². The Morgan fingerprint density at radius 2 is 1.76 bits per heavy atom. The first-order valence-electron chi connectivity index (χ1n) is 9.79. The lowest BCUT2D eigenvalue weighted by Gasteiger charge is -2.14. The molecule has 1 aromatic carbocycles. The van der Waals surface area contributed by atoms with Crippen molar-refractivity contribution in [1.82, 2.24) is 9.97 Å². The predicted molar refractivity (Wildman–Crippen MR) is 117 cm³/mol. The maximum Gasteiger partial charge on any atom is 0.342 e. The normalized spacial score (nSPS) is 11.1. The first-order chi connectivity index (χ1) is 15.9. The summed E-state index contributed by atoms with van der Waals surface area (Å²) in [7, 11) is 4.26. The minimum Gasteiger partial charge on any atom is -0.481 e. The minimum absolute atomic E-state index is 0.0609. The van der Waals surface area contributed by atoms with E-state index >= 15 is 0 Å². The van der Waals surface area contributed by atoms with Gasteiger partial charge >= 0.3 is 17.9 Å². The van der Waals surface area contributed by atoms with Crippen LogP contribution in [0.2, 0.25) is 0 Å². The molecule has 2 aromatic rings. The predicted octanol–water partition coefficient (Wildman–Crippen LogP) is 2.93. The summed E-state index contributed by atoms with van der Waals surface area (Å²) in [5, 5.41) is 3.89. The number of carbonyl (C=O) groups is 2. The second kappa shape index (κ2) is 12.6. The van der Waals surface area contributed by atoms with Crippen molar-refractivity contribution in [2.24, 2.45) is 5.16 Å². The van der Waals surface area contributed by atoms with Crippen molar-refractivity contribution in [2.45, 2.75) is 13.8 Å². The standard InChI is InChI=1S/C22H25N3O8/c1-6-31-19(26)11-8-12-32-21(27)20-15(14(2)25-30-5)9-7-10-16(20)33-22-23-17(28-3)13-18(24-22)29-4/h7-11,13H,6,12H2,1-5H3/b11-8+,25-14+. The third-order valence-electron chi connectivity index (χ3n) is 3.98. The van der Waals surface area contributed by atoms with E-state index in [1.165, 1.54) is 39.5 Å². The second-order valence-electron chi connectivity index (χ2n) is 6.13. The highest BCUT2D eigenvalue weighted by molar-refractivity contribution is 6.09. The molecular formula is C22H25N3O8. The third-order valence-corrected chi connectivity index (χ3v) is 3.98. The molecule has 0 spiro atoms. The molecule has 0 saturated carbocycles. The molecule has 11 nitrogen and oxygen atoms in total. The lowest BCUT2D eigenvalue weighted by molar-refractivity contribution is -0.137. The number of ether oxygens (including phenoxy) is 5. The van der Waals surface area contributed by atoms with Gasteiger partial charge in [0.05, 0.1) is 32.6 Å². The fraction of sp³-hybridized carbons (Fsp3) is 0.318. The summed E-state index contributed by atoms with van der Waals surface area (Å²) in [5.74, 6) is -0.746. The van der Waals surface area contributed by atoms with Crippen molar-refractivity contribution in [2.75, 3.05) is 34.5 Å². The number of oxime groups is 1. The van der Waals surface area contributed by atoms with Crippen LogP contribution in [-0.2, 0) is 19.1 Å². The highest BCUT2D eigenvalue weighted by atomic mass is 16.6. The van der Waals surface area contributed by atoms with E-state index in [1.54, 1.807) is 32.0 Å². The summed E-state index contributed by atoms with van der Waals surface area (Å²) in [6.07, 6.45) is 2.54. The van der Waals surface area contributed by atoms with Crippen LogP contribution >= 0.6 is 0 Å². The summed E-state index contributed by atoms with van der Waals surface area (Å²) in [4.78, 5) is 37.4. The molecule has 176 valence electrons. The van der Waals surface area contributed by atoms with E-state index in [4.69, 9.17) is 28.5 Å². The van der Waals surface area contributed by atoms with E-state index in [1.807, 2.05) is 0 Å². The van der Waals surface area contributed by atoms with Gasteiger partial charge in [0.25, 0.3) is 0 Å². The van der Waals surface area contributed by atoms with Gasteiger partial charge in [-0.05, 0) is 26.0 Å². The topological polar surface area (TPSA) is 128 Å². The maximum absolute atomic E-state index is 13.0. The van der Waals surface area contributed by atoms with Crippen molar-refractivity contribution in [1.29, 1.82) is 0 Å². The van der Waals surface area contributed by atoms with Crippen LogP contribution in [0.3, 0.4) is 0 Å². The number of carbonyl (C=O) groups excluding carboxylic acids is 2. The number of rotatable bonds is 11. The lowest BCUT2D eigenvalue weighted by Crippen LogP contribution is -2.13. The summed E-state index contributed by atoms with van der Waals surface area (Å²) in [6, 6.07) is 6.23. The van der Waals surface area contributed by atoms with Crippen molar-refractivity contribution < 1.29 is 38.1 Å². The van der Waals surface area contributed by atoms with Gasteiger partial charge in [0.15, 0.2) is 0 Å². The molecule has 11 heteroatoms. The molecule has 0 aliphatic carbocycles. The van der Waals surface area contributed by atoms with E-state index in [0.29, 0.717) is 11.3 Å². The van der Waals surface area contributed by atoms with Gasteiger partial charge < -0.3 is 28.5 Å². The molecule has 0 amide bonds. The molecule has 1 aromatic heterocycles. The van der Waals surface area contributed by atoms with E-state index in [9.17, 15) is 9.59 Å². The molecule has 0 N–H and O–H groups in total. The number of hydrogen-bond donors (Lipinski definition) is 0. The third kappa shape index (κ3) is 7.20. The van der Waals surface area contributed by atoms with Crippen LogP contribution in [0.5, 0.6) is 23.5 Å². The van der Waals surface area contributed by atoms with Crippen LogP contribution in [0, 0.1) is 0 Å². The summed E-state index contributed by atoms with van der Waals surface area (Å²) in [5.41, 5.74) is 0.871. The van der Waals surface area contributed by atoms with E-state index in [0.717, 1.165) is 0 Å². The Balaban J connectivity index is 2.39. The van der Waals surface area contributed by atoms with Gasteiger partial charge in [-0.2, -0.15) is 9.97 Å². The van der Waals surface area contributed by atoms with Gasteiger partial charge in [0, 0.05) is 11.6 Å². The molecule has 1 heterocycles. The van der Waals surface area contributed by atoms with Gasteiger partial charge in [-0.3, -0.25) is 0 Å². The second-order valence-corrected chi connectivity index (χ2v) is 6.13. The highest BCUT2D eigenvalue weighted by Gasteiger charge is 2.22. The monoisotopic (exact) mass is 459 g/mol. The average Bonchev–Trinajstić information content (AvgIpc) is 2.81. The van der Waals surface area contributed by atoms with E-state index < -0.39 is 11.9 Å². The maximum atomic E-state index is 13.0. The zero-order valence-corrected chi connectivity index (χ0v) is 19.0.